The van der Waals surface area contributed by atoms with Crippen molar-refractivity contribution >= 4 is 23.3 Å². The number of nitrogens with zero attached hydrogens (tertiary/aromatic N) is 2. The van der Waals surface area contributed by atoms with Crippen LogP contribution in [0.4, 0.5) is 0 Å². The van der Waals surface area contributed by atoms with Crippen LogP contribution in [0.1, 0.15) is 98.1 Å². The van der Waals surface area contributed by atoms with Gasteiger partial charge in [0.25, 0.3) is 0 Å². The molecule has 0 N–H and O–H groups in total. The maximum Gasteiger partial charge on any atom is 0.162 e. The molecule has 36 heavy (non-hydrogen) atoms. The minimum atomic E-state index is 0.238. The first kappa shape index (κ1) is 28.6. The number of hydrogen-bond acceptors (Lipinski definition) is 5. The first-order valence-electron chi connectivity index (χ1n) is 13.9. The van der Waals surface area contributed by atoms with Crippen molar-refractivity contribution in [3.8, 4) is 0 Å². The first-order chi connectivity index (χ1) is 17.5. The minimum absolute atomic E-state index is 0.238. The van der Waals surface area contributed by atoms with Crippen LogP contribution in [0.5, 0.6) is 0 Å². The van der Waals surface area contributed by atoms with Crippen LogP contribution in [-0.4, -0.2) is 60.6 Å². The van der Waals surface area contributed by atoms with Crippen LogP contribution in [0.2, 0.25) is 0 Å². The van der Waals surface area contributed by atoms with Gasteiger partial charge in [-0.25, -0.2) is 0 Å². The second-order valence-corrected chi connectivity index (χ2v) is 10.8. The zero-order chi connectivity index (χ0) is 25.9. The van der Waals surface area contributed by atoms with Crippen molar-refractivity contribution in [3.05, 3.63) is 58.7 Å². The van der Waals surface area contributed by atoms with E-state index in [1.807, 2.05) is 12.1 Å². The van der Waals surface area contributed by atoms with Gasteiger partial charge in [-0.15, -0.1) is 0 Å². The Bertz CT molecular complexity index is 932. The Kier molecular flexibility index (Phi) is 11.7. The van der Waals surface area contributed by atoms with Gasteiger partial charge in [-0.3, -0.25) is 9.59 Å². The maximum absolute atomic E-state index is 12.8. The SMILES string of the molecule is CCN(CC)CCCCC(=O)c1ccc2c(c1)Cc1cc(C(=O)CCCCN(CC)CC)ccc1S2. The molecule has 0 aliphatic carbocycles. The number of fused-ring (bicyclic) bond motifs is 2. The van der Waals surface area contributed by atoms with E-state index in [2.05, 4.69) is 61.8 Å². The molecule has 0 radical (unpaired) electrons. The summed E-state index contributed by atoms with van der Waals surface area (Å²) in [5.74, 6) is 0.476. The molecule has 196 valence electrons. The van der Waals surface area contributed by atoms with Crippen LogP contribution in [-0.2, 0) is 6.42 Å². The van der Waals surface area contributed by atoms with E-state index in [1.165, 1.54) is 20.9 Å². The van der Waals surface area contributed by atoms with E-state index in [9.17, 15) is 9.59 Å². The van der Waals surface area contributed by atoms with Crippen molar-refractivity contribution in [1.29, 1.82) is 0 Å². The smallest absolute Gasteiger partial charge is 0.162 e. The second kappa shape index (κ2) is 14.7. The second-order valence-electron chi connectivity index (χ2n) is 9.74. The molecule has 0 spiro atoms. The van der Waals surface area contributed by atoms with E-state index in [-0.39, 0.29) is 11.6 Å². The number of benzene rings is 2. The molecule has 2 aromatic carbocycles. The molecule has 0 saturated heterocycles. The van der Waals surface area contributed by atoms with E-state index in [4.69, 9.17) is 0 Å². The van der Waals surface area contributed by atoms with E-state index in [0.717, 1.165) is 82.5 Å². The molecule has 3 rings (SSSR count). The predicted octanol–water partition coefficient (Wildman–Crippen LogP) is 7.13. The van der Waals surface area contributed by atoms with Crippen molar-refractivity contribution in [1.82, 2.24) is 9.80 Å². The molecule has 0 bridgehead atoms. The summed E-state index contributed by atoms with van der Waals surface area (Å²) in [4.78, 5) is 32.9. The Hall–Kier alpha value is -1.95. The molecule has 0 fully saturated rings. The summed E-state index contributed by atoms with van der Waals surface area (Å²) < 4.78 is 0. The summed E-state index contributed by atoms with van der Waals surface area (Å²) >= 11 is 1.75. The predicted molar refractivity (Wildman–Crippen MR) is 152 cm³/mol. The molecule has 4 nitrogen and oxygen atoms in total. The molecular weight excluding hydrogens is 464 g/mol. The third-order valence-corrected chi connectivity index (χ3v) is 8.65. The fraction of sp³-hybridized carbons (Fsp3) is 0.548. The molecule has 0 atom stereocenters. The molecular formula is C31H44N2O2S. The van der Waals surface area contributed by atoms with Gasteiger partial charge in [0.05, 0.1) is 0 Å². The maximum atomic E-state index is 12.8. The fourth-order valence-corrected chi connectivity index (χ4v) is 5.95. The lowest BCUT2D eigenvalue weighted by molar-refractivity contribution is 0.0970. The average molecular weight is 509 g/mol. The molecule has 0 unspecified atom stereocenters. The highest BCUT2D eigenvalue weighted by Gasteiger charge is 2.19. The largest absolute Gasteiger partial charge is 0.304 e. The summed E-state index contributed by atoms with van der Waals surface area (Å²) in [5, 5.41) is 0. The standard InChI is InChI=1S/C31H44N2O2S/c1-5-32(6-2)19-11-9-13-28(34)24-15-17-30-26(21-24)23-27-22-25(16-18-31(27)36-30)29(35)14-10-12-20-33(7-3)8-4/h15-18,21-22H,5-14,19-20,23H2,1-4H3. The lowest BCUT2D eigenvalue weighted by atomic mass is 9.96. The molecule has 1 aliphatic rings. The van der Waals surface area contributed by atoms with E-state index in [1.54, 1.807) is 11.8 Å². The molecule has 1 heterocycles. The Balaban J connectivity index is 1.56. The topological polar surface area (TPSA) is 40.6 Å². The number of Topliss-reactive ketones (excluding diaryl/α,β-unsaturated/α-hetero) is 2. The number of unbranched alkanes of at least 4 members (excludes halogenated alkanes) is 2. The minimum Gasteiger partial charge on any atom is -0.304 e. The van der Waals surface area contributed by atoms with Gasteiger partial charge in [0.2, 0.25) is 0 Å². The zero-order valence-electron chi connectivity index (χ0n) is 22.8. The van der Waals surface area contributed by atoms with Gasteiger partial charge in [0, 0.05) is 33.8 Å². The van der Waals surface area contributed by atoms with Crippen LogP contribution in [0, 0.1) is 0 Å². The molecule has 5 heteroatoms. The van der Waals surface area contributed by atoms with Gasteiger partial charge in [-0.05, 0) is 107 Å². The van der Waals surface area contributed by atoms with Crippen LogP contribution in [0.15, 0.2) is 46.2 Å². The van der Waals surface area contributed by atoms with Gasteiger partial charge in [-0.2, -0.15) is 0 Å². The van der Waals surface area contributed by atoms with Crippen LogP contribution in [0.3, 0.4) is 0 Å². The average Bonchev–Trinajstić information content (AvgIpc) is 2.91. The fourth-order valence-electron chi connectivity index (χ4n) is 4.92. The quantitative estimate of drug-likeness (QED) is 0.152. The summed E-state index contributed by atoms with van der Waals surface area (Å²) in [7, 11) is 0. The van der Waals surface area contributed by atoms with Crippen LogP contribution < -0.4 is 0 Å². The molecule has 1 aliphatic heterocycles. The van der Waals surface area contributed by atoms with Crippen molar-refractivity contribution < 1.29 is 9.59 Å². The number of rotatable bonds is 16. The van der Waals surface area contributed by atoms with Crippen LogP contribution >= 0.6 is 11.8 Å². The van der Waals surface area contributed by atoms with Crippen molar-refractivity contribution in [2.45, 2.75) is 82.4 Å². The lowest BCUT2D eigenvalue weighted by Crippen LogP contribution is -2.24. The van der Waals surface area contributed by atoms with Gasteiger partial charge in [-0.1, -0.05) is 51.6 Å². The Morgan fingerprint density at radius 2 is 1.08 bits per heavy atom. The Morgan fingerprint density at radius 1 is 0.667 bits per heavy atom. The highest BCUT2D eigenvalue weighted by atomic mass is 32.2. The molecule has 0 amide bonds. The number of carbonyl (C=O) groups is 2. The lowest BCUT2D eigenvalue weighted by Gasteiger charge is -2.20. The van der Waals surface area contributed by atoms with Gasteiger partial charge >= 0.3 is 0 Å². The normalized spacial score (nSPS) is 12.6. The third kappa shape index (κ3) is 8.03. The van der Waals surface area contributed by atoms with E-state index >= 15 is 0 Å². The zero-order valence-corrected chi connectivity index (χ0v) is 23.6. The molecule has 2 aromatic rings. The highest BCUT2D eigenvalue weighted by molar-refractivity contribution is 7.99. The highest BCUT2D eigenvalue weighted by Crippen LogP contribution is 2.40. The Morgan fingerprint density at radius 3 is 1.47 bits per heavy atom. The van der Waals surface area contributed by atoms with Gasteiger partial charge in [0.1, 0.15) is 0 Å². The van der Waals surface area contributed by atoms with Crippen molar-refractivity contribution in [3.63, 3.8) is 0 Å². The van der Waals surface area contributed by atoms with E-state index < -0.39 is 0 Å². The number of ketones is 2. The number of hydrogen-bond donors (Lipinski definition) is 0. The van der Waals surface area contributed by atoms with E-state index in [0.29, 0.717) is 12.8 Å². The number of carbonyl (C=O) groups excluding carboxylic acids is 2. The summed E-state index contributed by atoms with van der Waals surface area (Å²) in [6, 6.07) is 12.3. The van der Waals surface area contributed by atoms with Crippen LogP contribution in [0.25, 0.3) is 0 Å². The van der Waals surface area contributed by atoms with Crippen molar-refractivity contribution in [2.24, 2.45) is 0 Å². The Labute approximate surface area is 222 Å². The molecule has 0 saturated carbocycles. The summed E-state index contributed by atoms with van der Waals surface area (Å²) in [6.45, 7) is 15.1. The van der Waals surface area contributed by atoms with Crippen molar-refractivity contribution in [2.75, 3.05) is 39.3 Å². The van der Waals surface area contributed by atoms with Gasteiger partial charge in [0.15, 0.2) is 11.6 Å². The summed E-state index contributed by atoms with van der Waals surface area (Å²) in [6.07, 6.45) is 5.99. The molecule has 0 aromatic heterocycles. The first-order valence-corrected chi connectivity index (χ1v) is 14.7. The third-order valence-electron chi connectivity index (χ3n) is 7.41. The summed E-state index contributed by atoms with van der Waals surface area (Å²) in [5.41, 5.74) is 4.04. The monoisotopic (exact) mass is 508 g/mol. The van der Waals surface area contributed by atoms with Gasteiger partial charge < -0.3 is 9.80 Å².